The Balaban J connectivity index is 0.921. The molecule has 4 aliphatic rings. The van der Waals surface area contributed by atoms with Gasteiger partial charge in [0.15, 0.2) is 0 Å². The Morgan fingerprint density at radius 2 is 2.00 bits per heavy atom. The number of aryl methyl sites for hydroxylation is 1. The van der Waals surface area contributed by atoms with Crippen LogP contribution in [0.3, 0.4) is 0 Å². The van der Waals surface area contributed by atoms with Gasteiger partial charge < -0.3 is 9.42 Å². The third-order valence-corrected chi connectivity index (χ3v) is 8.73. The summed E-state index contributed by atoms with van der Waals surface area (Å²) in [4.78, 5) is 15.1. The zero-order chi connectivity index (χ0) is 21.7. The fourth-order valence-electron chi connectivity index (χ4n) is 6.51. The number of ketones is 1. The van der Waals surface area contributed by atoms with Crippen molar-refractivity contribution in [3.63, 3.8) is 0 Å². The van der Waals surface area contributed by atoms with Crippen LogP contribution in [0, 0.1) is 17.8 Å². The number of likely N-dealkylation sites (tertiary alicyclic amines) is 1. The number of nitrogens with zero attached hydrogens (tertiary/aromatic N) is 4. The van der Waals surface area contributed by atoms with E-state index in [0.717, 1.165) is 29.6 Å². The topological polar surface area (TPSA) is 64.2 Å². The Morgan fingerprint density at radius 1 is 1.19 bits per heavy atom. The number of Topliss-reactive ketones (excluding diaryl/α,β-unsaturated/α-hetero) is 1. The van der Waals surface area contributed by atoms with Crippen LogP contribution in [0.25, 0.3) is 0 Å². The lowest BCUT2D eigenvalue weighted by molar-refractivity contribution is -0.119. The van der Waals surface area contributed by atoms with E-state index in [1.807, 2.05) is 19.4 Å². The summed E-state index contributed by atoms with van der Waals surface area (Å²) in [6.45, 7) is 3.64. The third-order valence-electron chi connectivity index (χ3n) is 8.73. The van der Waals surface area contributed by atoms with Gasteiger partial charge in [-0.25, -0.2) is 0 Å². The molecule has 6 heteroatoms. The normalized spacial score (nSPS) is 32.2. The fourth-order valence-corrected chi connectivity index (χ4v) is 6.51. The first kappa shape index (κ1) is 20.6. The van der Waals surface area contributed by atoms with Crippen LogP contribution in [0.4, 0.5) is 0 Å². The van der Waals surface area contributed by atoms with E-state index in [1.54, 1.807) is 4.68 Å². The zero-order valence-electron chi connectivity index (χ0n) is 19.3. The Hall–Kier alpha value is -1.95. The smallest absolute Gasteiger partial charge is 0.140 e. The standard InChI is InChI=1S/C26H36N4O2/c1-29-15-20(14-27-29)11-23(31)10-19-4-2-18(3-5-19)8-9-30-16-22-13-26(22,17-30)25-12-24(32-28-25)21-6-7-21/h12,14-15,18-19,21-22H,2-11,13,16-17H2,1H3/t18?,19?,22-,26-/m0/s1. The summed E-state index contributed by atoms with van der Waals surface area (Å²) in [5, 5.41) is 8.65. The molecule has 3 heterocycles. The number of aromatic nitrogens is 3. The maximum atomic E-state index is 12.4. The maximum absolute atomic E-state index is 12.4. The van der Waals surface area contributed by atoms with Crippen molar-refractivity contribution in [1.29, 1.82) is 0 Å². The van der Waals surface area contributed by atoms with Crippen molar-refractivity contribution in [2.75, 3.05) is 19.6 Å². The van der Waals surface area contributed by atoms with E-state index in [1.165, 1.54) is 76.7 Å². The molecule has 1 saturated heterocycles. The summed E-state index contributed by atoms with van der Waals surface area (Å²) in [6.07, 6.45) is 15.3. The van der Waals surface area contributed by atoms with Crippen LogP contribution in [-0.2, 0) is 23.7 Å². The molecular formula is C26H36N4O2. The first-order valence-electron chi connectivity index (χ1n) is 12.8. The van der Waals surface area contributed by atoms with Crippen LogP contribution >= 0.6 is 0 Å². The van der Waals surface area contributed by atoms with Crippen molar-refractivity contribution in [2.45, 2.75) is 75.5 Å². The molecule has 2 aromatic heterocycles. The molecule has 6 nitrogen and oxygen atoms in total. The highest BCUT2D eigenvalue weighted by molar-refractivity contribution is 5.80. The summed E-state index contributed by atoms with van der Waals surface area (Å²) < 4.78 is 7.43. The average molecular weight is 437 g/mol. The van der Waals surface area contributed by atoms with Crippen LogP contribution in [-0.4, -0.2) is 45.3 Å². The minimum Gasteiger partial charge on any atom is -0.361 e. The summed E-state index contributed by atoms with van der Waals surface area (Å²) in [5.74, 6) is 4.38. The van der Waals surface area contributed by atoms with Crippen molar-refractivity contribution in [3.8, 4) is 0 Å². The van der Waals surface area contributed by atoms with E-state index in [4.69, 9.17) is 4.52 Å². The fraction of sp³-hybridized carbons (Fsp3) is 0.731. The minimum absolute atomic E-state index is 0.308. The summed E-state index contributed by atoms with van der Waals surface area (Å²) in [5.41, 5.74) is 2.59. The van der Waals surface area contributed by atoms with Crippen molar-refractivity contribution < 1.29 is 9.32 Å². The monoisotopic (exact) mass is 436 g/mol. The van der Waals surface area contributed by atoms with Gasteiger partial charge >= 0.3 is 0 Å². The van der Waals surface area contributed by atoms with Crippen molar-refractivity contribution >= 4 is 5.78 Å². The highest BCUT2D eigenvalue weighted by Crippen LogP contribution is 2.59. The molecule has 0 bridgehead atoms. The molecular weight excluding hydrogens is 400 g/mol. The largest absolute Gasteiger partial charge is 0.361 e. The predicted molar refractivity (Wildman–Crippen MR) is 121 cm³/mol. The molecule has 3 saturated carbocycles. The van der Waals surface area contributed by atoms with E-state index < -0.39 is 0 Å². The number of carbonyl (C=O) groups is 1. The molecule has 6 rings (SSSR count). The lowest BCUT2D eigenvalue weighted by Crippen LogP contribution is -2.29. The number of piperidine rings is 1. The molecule has 3 aliphatic carbocycles. The zero-order valence-corrected chi connectivity index (χ0v) is 19.3. The molecule has 4 fully saturated rings. The molecule has 172 valence electrons. The molecule has 32 heavy (non-hydrogen) atoms. The van der Waals surface area contributed by atoms with Gasteiger partial charge in [-0.15, -0.1) is 0 Å². The SMILES string of the molecule is Cn1cc(CC(=O)CC2CCC(CCN3C[C@@H]4C[C@]4(c4cc(C5CC5)on4)C3)CC2)cn1. The molecule has 1 aliphatic heterocycles. The van der Waals surface area contributed by atoms with E-state index in [0.29, 0.717) is 29.5 Å². The lowest BCUT2D eigenvalue weighted by atomic mass is 9.78. The Bertz CT molecular complexity index is 968. The first-order valence-corrected chi connectivity index (χ1v) is 12.8. The number of fused-ring (bicyclic) bond motifs is 1. The number of carbonyl (C=O) groups excluding carboxylic acids is 1. The van der Waals surface area contributed by atoms with Crippen molar-refractivity contribution in [1.82, 2.24) is 19.8 Å². The van der Waals surface area contributed by atoms with Gasteiger partial charge in [-0.3, -0.25) is 9.48 Å². The van der Waals surface area contributed by atoms with E-state index in [9.17, 15) is 4.79 Å². The van der Waals surface area contributed by atoms with Gasteiger partial charge in [0, 0.05) is 56.6 Å². The minimum atomic E-state index is 0.308. The second-order valence-corrected chi connectivity index (χ2v) is 11.3. The van der Waals surface area contributed by atoms with Crippen LogP contribution in [0.5, 0.6) is 0 Å². The lowest BCUT2D eigenvalue weighted by Gasteiger charge is -2.30. The van der Waals surface area contributed by atoms with Gasteiger partial charge in [0.1, 0.15) is 11.5 Å². The van der Waals surface area contributed by atoms with Gasteiger partial charge in [-0.05, 0) is 68.4 Å². The summed E-state index contributed by atoms with van der Waals surface area (Å²) >= 11 is 0. The Morgan fingerprint density at radius 3 is 2.75 bits per heavy atom. The second kappa shape index (κ2) is 8.12. The second-order valence-electron chi connectivity index (χ2n) is 11.3. The first-order chi connectivity index (χ1) is 15.6. The molecule has 0 N–H and O–H groups in total. The van der Waals surface area contributed by atoms with Crippen molar-refractivity contribution in [3.05, 3.63) is 35.5 Å². The maximum Gasteiger partial charge on any atom is 0.140 e. The van der Waals surface area contributed by atoms with Gasteiger partial charge in [0.2, 0.25) is 0 Å². The summed E-state index contributed by atoms with van der Waals surface area (Å²) in [6, 6.07) is 2.28. The van der Waals surface area contributed by atoms with Gasteiger partial charge in [-0.1, -0.05) is 18.0 Å². The molecule has 0 radical (unpaired) electrons. The quantitative estimate of drug-likeness (QED) is 0.588. The van der Waals surface area contributed by atoms with Crippen LogP contribution < -0.4 is 0 Å². The Kier molecular flexibility index (Phi) is 5.24. The number of hydrogen-bond acceptors (Lipinski definition) is 5. The van der Waals surface area contributed by atoms with Crippen LogP contribution in [0.2, 0.25) is 0 Å². The average Bonchev–Trinajstić information content (AvgIpc) is 3.59. The summed E-state index contributed by atoms with van der Waals surface area (Å²) in [7, 11) is 1.90. The molecule has 0 aromatic carbocycles. The van der Waals surface area contributed by atoms with Crippen molar-refractivity contribution in [2.24, 2.45) is 24.8 Å². The van der Waals surface area contributed by atoms with Crippen LogP contribution in [0.1, 0.15) is 80.7 Å². The van der Waals surface area contributed by atoms with E-state index in [-0.39, 0.29) is 0 Å². The van der Waals surface area contributed by atoms with E-state index >= 15 is 0 Å². The molecule has 2 aromatic rings. The number of hydrogen-bond donors (Lipinski definition) is 0. The van der Waals surface area contributed by atoms with E-state index in [2.05, 4.69) is 21.2 Å². The predicted octanol–water partition coefficient (Wildman–Crippen LogP) is 4.26. The van der Waals surface area contributed by atoms with Crippen LogP contribution in [0.15, 0.2) is 23.0 Å². The van der Waals surface area contributed by atoms with Gasteiger partial charge in [0.05, 0.1) is 11.9 Å². The number of rotatable bonds is 9. The van der Waals surface area contributed by atoms with Gasteiger partial charge in [0.25, 0.3) is 0 Å². The molecule has 0 amide bonds. The molecule has 2 atom stereocenters. The molecule has 0 spiro atoms. The molecule has 0 unspecified atom stereocenters. The highest BCUT2D eigenvalue weighted by Gasteiger charge is 2.62. The Labute approximate surface area is 190 Å². The highest BCUT2D eigenvalue weighted by atomic mass is 16.5. The van der Waals surface area contributed by atoms with Gasteiger partial charge in [-0.2, -0.15) is 5.10 Å². The third kappa shape index (κ3) is 4.18.